The minimum atomic E-state index is -0.697. The first-order valence-electron chi connectivity index (χ1n) is 7.81. The van der Waals surface area contributed by atoms with Gasteiger partial charge in [-0.25, -0.2) is 4.79 Å². The van der Waals surface area contributed by atoms with Crippen molar-refractivity contribution in [2.75, 3.05) is 13.1 Å². The first kappa shape index (κ1) is 15.0. The van der Waals surface area contributed by atoms with Crippen molar-refractivity contribution in [3.8, 4) is 0 Å². The molecule has 22 heavy (non-hydrogen) atoms. The summed E-state index contributed by atoms with van der Waals surface area (Å²) >= 11 is 0. The third kappa shape index (κ3) is 3.65. The van der Waals surface area contributed by atoms with E-state index in [2.05, 4.69) is 0 Å². The molecule has 1 aromatic carbocycles. The molecule has 0 unspecified atom stereocenters. The lowest BCUT2D eigenvalue weighted by atomic mass is 9.93. The molecular weight excluding hydrogens is 282 g/mol. The minimum Gasteiger partial charge on any atom is -0.445 e. The number of nitrogens with zero attached hydrogens (tertiary/aromatic N) is 1. The third-order valence-corrected chi connectivity index (χ3v) is 4.21. The molecule has 0 N–H and O–H groups in total. The number of piperidine rings is 1. The molecular formula is C17H21NO4. The van der Waals surface area contributed by atoms with Crippen LogP contribution in [0.4, 0.5) is 4.79 Å². The maximum absolute atomic E-state index is 12.1. The van der Waals surface area contributed by atoms with Gasteiger partial charge >= 0.3 is 6.09 Å². The predicted octanol–water partition coefficient (Wildman–Crippen LogP) is 2.54. The summed E-state index contributed by atoms with van der Waals surface area (Å²) in [5.41, 5.74) is 0.268. The van der Waals surface area contributed by atoms with Gasteiger partial charge in [-0.05, 0) is 18.4 Å². The normalized spacial score (nSPS) is 20.5. The molecule has 0 radical (unpaired) electrons. The standard InChI is InChI=1S/C17H21NO4/c19-13-17(22-15-6-7-15)8-10-18(11-9-17)16(20)21-12-14-4-2-1-3-5-14/h1-5,13,15H,6-12H2. The first-order valence-corrected chi connectivity index (χ1v) is 7.81. The lowest BCUT2D eigenvalue weighted by Crippen LogP contribution is -2.49. The van der Waals surface area contributed by atoms with Crippen molar-refractivity contribution in [2.24, 2.45) is 0 Å². The molecule has 5 nitrogen and oxygen atoms in total. The van der Waals surface area contributed by atoms with Crippen molar-refractivity contribution in [1.29, 1.82) is 0 Å². The number of hydrogen-bond donors (Lipinski definition) is 0. The van der Waals surface area contributed by atoms with Crippen LogP contribution >= 0.6 is 0 Å². The van der Waals surface area contributed by atoms with E-state index in [9.17, 15) is 9.59 Å². The van der Waals surface area contributed by atoms with E-state index in [0.29, 0.717) is 25.9 Å². The van der Waals surface area contributed by atoms with Crippen LogP contribution < -0.4 is 0 Å². The second-order valence-corrected chi connectivity index (χ2v) is 6.03. The Hall–Kier alpha value is -1.88. The molecule has 3 rings (SSSR count). The number of carbonyl (C=O) groups is 2. The molecule has 0 atom stereocenters. The van der Waals surface area contributed by atoms with Crippen molar-refractivity contribution in [1.82, 2.24) is 4.90 Å². The smallest absolute Gasteiger partial charge is 0.410 e. The maximum Gasteiger partial charge on any atom is 0.410 e. The molecule has 1 saturated carbocycles. The van der Waals surface area contributed by atoms with E-state index in [1.807, 2.05) is 30.3 Å². The molecule has 1 aliphatic carbocycles. The van der Waals surface area contributed by atoms with Crippen molar-refractivity contribution < 1.29 is 19.1 Å². The van der Waals surface area contributed by atoms with Crippen molar-refractivity contribution in [3.05, 3.63) is 35.9 Å². The molecule has 0 aromatic heterocycles. The zero-order valence-corrected chi connectivity index (χ0v) is 12.6. The van der Waals surface area contributed by atoms with Crippen LogP contribution in [-0.4, -0.2) is 42.1 Å². The zero-order chi connectivity index (χ0) is 15.4. The lowest BCUT2D eigenvalue weighted by molar-refractivity contribution is -0.140. The van der Waals surface area contributed by atoms with Gasteiger partial charge in [0.25, 0.3) is 0 Å². The Morgan fingerprint density at radius 2 is 1.91 bits per heavy atom. The monoisotopic (exact) mass is 303 g/mol. The Morgan fingerprint density at radius 3 is 2.50 bits per heavy atom. The molecule has 2 aliphatic rings. The Balaban J connectivity index is 1.47. The van der Waals surface area contributed by atoms with E-state index in [0.717, 1.165) is 24.7 Å². The Morgan fingerprint density at radius 1 is 1.23 bits per heavy atom. The van der Waals surface area contributed by atoms with Crippen LogP contribution in [0.3, 0.4) is 0 Å². The van der Waals surface area contributed by atoms with Crippen molar-refractivity contribution in [2.45, 2.75) is 44.0 Å². The summed E-state index contributed by atoms with van der Waals surface area (Å²) in [5.74, 6) is 0. The summed E-state index contributed by atoms with van der Waals surface area (Å²) in [4.78, 5) is 25.1. The fraction of sp³-hybridized carbons (Fsp3) is 0.529. The lowest BCUT2D eigenvalue weighted by Gasteiger charge is -2.37. The number of ether oxygens (including phenoxy) is 2. The topological polar surface area (TPSA) is 55.8 Å². The van der Waals surface area contributed by atoms with Gasteiger partial charge in [0.05, 0.1) is 6.10 Å². The summed E-state index contributed by atoms with van der Waals surface area (Å²) in [6.07, 6.45) is 4.01. The van der Waals surface area contributed by atoms with E-state index in [4.69, 9.17) is 9.47 Å². The fourth-order valence-electron chi connectivity index (χ4n) is 2.66. The predicted molar refractivity (Wildman–Crippen MR) is 80.3 cm³/mol. The molecule has 0 bridgehead atoms. The number of likely N-dealkylation sites (tertiary alicyclic amines) is 1. The number of rotatable bonds is 5. The van der Waals surface area contributed by atoms with Crippen molar-refractivity contribution in [3.63, 3.8) is 0 Å². The van der Waals surface area contributed by atoms with Crippen LogP contribution in [0.2, 0.25) is 0 Å². The van der Waals surface area contributed by atoms with Gasteiger partial charge in [-0.2, -0.15) is 0 Å². The van der Waals surface area contributed by atoms with Crippen LogP contribution in [0.25, 0.3) is 0 Å². The number of amides is 1. The summed E-state index contributed by atoms with van der Waals surface area (Å²) in [6, 6.07) is 9.60. The molecule has 2 fully saturated rings. The maximum atomic E-state index is 12.1. The molecule has 1 amide bonds. The van der Waals surface area contributed by atoms with Gasteiger partial charge in [-0.15, -0.1) is 0 Å². The molecule has 1 aliphatic heterocycles. The largest absolute Gasteiger partial charge is 0.445 e. The summed E-state index contributed by atoms with van der Waals surface area (Å²) in [5, 5.41) is 0. The van der Waals surface area contributed by atoms with Gasteiger partial charge < -0.3 is 19.2 Å². The van der Waals surface area contributed by atoms with Gasteiger partial charge in [0.15, 0.2) is 6.29 Å². The van der Waals surface area contributed by atoms with Gasteiger partial charge in [0.1, 0.15) is 12.2 Å². The number of aldehydes is 1. The van der Waals surface area contributed by atoms with E-state index in [-0.39, 0.29) is 18.8 Å². The van der Waals surface area contributed by atoms with Crippen LogP contribution in [0.15, 0.2) is 30.3 Å². The molecule has 1 aromatic rings. The molecule has 1 saturated heterocycles. The highest BCUT2D eigenvalue weighted by Gasteiger charge is 2.41. The van der Waals surface area contributed by atoms with Gasteiger partial charge in [-0.1, -0.05) is 30.3 Å². The quantitative estimate of drug-likeness (QED) is 0.784. The highest BCUT2D eigenvalue weighted by Crippen LogP contribution is 2.34. The third-order valence-electron chi connectivity index (χ3n) is 4.21. The molecule has 118 valence electrons. The summed E-state index contributed by atoms with van der Waals surface area (Å²) in [6.45, 7) is 1.27. The number of benzene rings is 1. The summed E-state index contributed by atoms with van der Waals surface area (Å²) in [7, 11) is 0. The number of hydrogen-bond acceptors (Lipinski definition) is 4. The van der Waals surface area contributed by atoms with Crippen LogP contribution in [0.5, 0.6) is 0 Å². The molecule has 5 heteroatoms. The Bertz CT molecular complexity index is 519. The molecule has 0 spiro atoms. The highest BCUT2D eigenvalue weighted by atomic mass is 16.6. The second kappa shape index (κ2) is 6.48. The van der Waals surface area contributed by atoms with Gasteiger partial charge in [0, 0.05) is 25.9 Å². The first-order chi connectivity index (χ1) is 10.7. The molecule has 1 heterocycles. The van der Waals surface area contributed by atoms with E-state index in [1.54, 1.807) is 4.90 Å². The second-order valence-electron chi connectivity index (χ2n) is 6.03. The van der Waals surface area contributed by atoms with E-state index < -0.39 is 5.60 Å². The van der Waals surface area contributed by atoms with Crippen LogP contribution in [0.1, 0.15) is 31.2 Å². The minimum absolute atomic E-state index is 0.238. The average Bonchev–Trinajstić information content (AvgIpc) is 3.38. The Kier molecular flexibility index (Phi) is 4.43. The van der Waals surface area contributed by atoms with Gasteiger partial charge in [0.2, 0.25) is 0 Å². The van der Waals surface area contributed by atoms with Crippen LogP contribution in [0, 0.1) is 0 Å². The fourth-order valence-corrected chi connectivity index (χ4v) is 2.66. The zero-order valence-electron chi connectivity index (χ0n) is 12.6. The highest BCUT2D eigenvalue weighted by molar-refractivity contribution is 5.69. The summed E-state index contributed by atoms with van der Waals surface area (Å²) < 4.78 is 11.2. The Labute approximate surface area is 130 Å². The van der Waals surface area contributed by atoms with E-state index >= 15 is 0 Å². The van der Waals surface area contributed by atoms with Crippen molar-refractivity contribution >= 4 is 12.4 Å². The van der Waals surface area contributed by atoms with Gasteiger partial charge in [-0.3, -0.25) is 0 Å². The average molecular weight is 303 g/mol. The SMILES string of the molecule is O=CC1(OC2CC2)CCN(C(=O)OCc2ccccc2)CC1. The van der Waals surface area contributed by atoms with Crippen LogP contribution in [-0.2, 0) is 20.9 Å². The number of carbonyl (C=O) groups excluding carboxylic acids is 2. The van der Waals surface area contributed by atoms with E-state index in [1.165, 1.54) is 0 Å².